The predicted octanol–water partition coefficient (Wildman–Crippen LogP) is 4.07. The third-order valence-corrected chi connectivity index (χ3v) is 5.80. The SMILES string of the molecule is CC(O)c1ccc(N2CCN(c3nc(-c4ccccn4)nc4ccccc34)CC2)cc1. The number of anilines is 2. The highest BCUT2D eigenvalue weighted by molar-refractivity contribution is 5.91. The van der Waals surface area contributed by atoms with Gasteiger partial charge in [0.1, 0.15) is 11.5 Å². The molecule has 4 aromatic rings. The second-order valence-electron chi connectivity index (χ2n) is 7.84. The van der Waals surface area contributed by atoms with Crippen LogP contribution >= 0.6 is 0 Å². The maximum absolute atomic E-state index is 9.74. The van der Waals surface area contributed by atoms with Crippen LogP contribution in [0.25, 0.3) is 22.4 Å². The monoisotopic (exact) mass is 411 g/mol. The molecule has 2 aromatic heterocycles. The van der Waals surface area contributed by atoms with Gasteiger partial charge >= 0.3 is 0 Å². The van der Waals surface area contributed by atoms with E-state index in [9.17, 15) is 5.11 Å². The summed E-state index contributed by atoms with van der Waals surface area (Å²) in [5, 5.41) is 10.8. The van der Waals surface area contributed by atoms with Crippen molar-refractivity contribution in [1.82, 2.24) is 15.0 Å². The molecule has 6 heteroatoms. The Morgan fingerprint density at radius 2 is 1.52 bits per heavy atom. The van der Waals surface area contributed by atoms with E-state index in [4.69, 9.17) is 9.97 Å². The van der Waals surface area contributed by atoms with E-state index in [2.05, 4.69) is 33.0 Å². The number of aromatic nitrogens is 3. The highest BCUT2D eigenvalue weighted by Gasteiger charge is 2.21. The Balaban J connectivity index is 1.41. The van der Waals surface area contributed by atoms with Gasteiger partial charge in [0.2, 0.25) is 0 Å². The third-order valence-electron chi connectivity index (χ3n) is 5.80. The average Bonchev–Trinajstić information content (AvgIpc) is 2.84. The first-order chi connectivity index (χ1) is 15.2. The molecule has 0 amide bonds. The summed E-state index contributed by atoms with van der Waals surface area (Å²) in [6.07, 6.45) is 1.33. The maximum Gasteiger partial charge on any atom is 0.180 e. The van der Waals surface area contributed by atoms with Gasteiger partial charge in [-0.1, -0.05) is 30.3 Å². The van der Waals surface area contributed by atoms with Crippen molar-refractivity contribution < 1.29 is 5.11 Å². The summed E-state index contributed by atoms with van der Waals surface area (Å²) in [6, 6.07) is 22.2. The summed E-state index contributed by atoms with van der Waals surface area (Å²) < 4.78 is 0. The lowest BCUT2D eigenvalue weighted by Crippen LogP contribution is -2.47. The fourth-order valence-corrected chi connectivity index (χ4v) is 4.05. The van der Waals surface area contributed by atoms with Gasteiger partial charge in [-0.3, -0.25) is 4.98 Å². The molecular formula is C25H25N5O. The van der Waals surface area contributed by atoms with Crippen molar-refractivity contribution in [3.05, 3.63) is 78.5 Å². The molecule has 0 saturated carbocycles. The normalized spacial score (nSPS) is 15.3. The van der Waals surface area contributed by atoms with Crippen LogP contribution in [0.5, 0.6) is 0 Å². The van der Waals surface area contributed by atoms with Crippen molar-refractivity contribution in [3.63, 3.8) is 0 Å². The number of para-hydroxylation sites is 1. The fraction of sp³-hybridized carbons (Fsp3) is 0.240. The second-order valence-corrected chi connectivity index (χ2v) is 7.84. The van der Waals surface area contributed by atoms with E-state index in [1.807, 2.05) is 48.5 Å². The molecule has 1 aliphatic rings. The number of rotatable bonds is 4. The van der Waals surface area contributed by atoms with E-state index in [-0.39, 0.29) is 0 Å². The first-order valence-corrected chi connectivity index (χ1v) is 10.6. The maximum atomic E-state index is 9.74. The lowest BCUT2D eigenvalue weighted by atomic mass is 10.1. The third kappa shape index (κ3) is 3.94. The molecule has 1 N–H and O–H groups in total. The van der Waals surface area contributed by atoms with E-state index in [1.165, 1.54) is 5.69 Å². The smallest absolute Gasteiger partial charge is 0.180 e. The van der Waals surface area contributed by atoms with Gasteiger partial charge in [-0.15, -0.1) is 0 Å². The molecule has 156 valence electrons. The minimum absolute atomic E-state index is 0.440. The zero-order chi connectivity index (χ0) is 21.2. The number of benzene rings is 2. The molecule has 1 unspecified atom stereocenters. The molecule has 6 nitrogen and oxygen atoms in total. The Morgan fingerprint density at radius 3 is 2.23 bits per heavy atom. The Labute approximate surface area is 181 Å². The molecule has 0 radical (unpaired) electrons. The largest absolute Gasteiger partial charge is 0.389 e. The number of aliphatic hydroxyl groups is 1. The van der Waals surface area contributed by atoms with Gasteiger partial charge < -0.3 is 14.9 Å². The number of pyridine rings is 1. The zero-order valence-electron chi connectivity index (χ0n) is 17.5. The van der Waals surface area contributed by atoms with Crippen LogP contribution in [0, 0.1) is 0 Å². The van der Waals surface area contributed by atoms with Crippen molar-refractivity contribution in [2.24, 2.45) is 0 Å². The lowest BCUT2D eigenvalue weighted by molar-refractivity contribution is 0.199. The van der Waals surface area contributed by atoms with Crippen LogP contribution in [-0.2, 0) is 0 Å². The number of aliphatic hydroxyl groups excluding tert-OH is 1. The van der Waals surface area contributed by atoms with Gasteiger partial charge in [0.25, 0.3) is 0 Å². The summed E-state index contributed by atoms with van der Waals surface area (Å²) in [4.78, 5) is 18.9. The Kier molecular flexibility index (Phi) is 5.22. The van der Waals surface area contributed by atoms with Gasteiger partial charge in [0, 0.05) is 43.4 Å². The molecule has 1 saturated heterocycles. The molecule has 5 rings (SSSR count). The van der Waals surface area contributed by atoms with Crippen molar-refractivity contribution in [2.75, 3.05) is 36.0 Å². The summed E-state index contributed by atoms with van der Waals surface area (Å²) in [5.41, 5.74) is 3.85. The van der Waals surface area contributed by atoms with Gasteiger partial charge in [-0.2, -0.15) is 0 Å². The highest BCUT2D eigenvalue weighted by Crippen LogP contribution is 2.28. The predicted molar refractivity (Wildman–Crippen MR) is 124 cm³/mol. The molecule has 3 heterocycles. The van der Waals surface area contributed by atoms with E-state index in [1.54, 1.807) is 13.1 Å². The second kappa shape index (κ2) is 8.32. The van der Waals surface area contributed by atoms with E-state index in [0.29, 0.717) is 5.82 Å². The summed E-state index contributed by atoms with van der Waals surface area (Å²) in [7, 11) is 0. The Morgan fingerprint density at radius 1 is 0.806 bits per heavy atom. The van der Waals surface area contributed by atoms with E-state index in [0.717, 1.165) is 54.2 Å². The van der Waals surface area contributed by atoms with Crippen molar-refractivity contribution in [1.29, 1.82) is 0 Å². The lowest BCUT2D eigenvalue weighted by Gasteiger charge is -2.37. The molecule has 1 fully saturated rings. The number of fused-ring (bicyclic) bond motifs is 1. The van der Waals surface area contributed by atoms with Crippen LogP contribution in [0.3, 0.4) is 0 Å². The summed E-state index contributed by atoms with van der Waals surface area (Å²) in [5.74, 6) is 1.63. The zero-order valence-corrected chi connectivity index (χ0v) is 17.5. The van der Waals surface area contributed by atoms with Gasteiger partial charge in [-0.05, 0) is 48.9 Å². The van der Waals surface area contributed by atoms with Crippen LogP contribution in [0.1, 0.15) is 18.6 Å². The average molecular weight is 412 g/mol. The molecular weight excluding hydrogens is 386 g/mol. The number of nitrogens with zero attached hydrogens (tertiary/aromatic N) is 5. The molecule has 2 aromatic carbocycles. The number of piperazine rings is 1. The van der Waals surface area contributed by atoms with Crippen molar-refractivity contribution >= 4 is 22.4 Å². The van der Waals surface area contributed by atoms with Crippen LogP contribution in [0.15, 0.2) is 72.9 Å². The van der Waals surface area contributed by atoms with Gasteiger partial charge in [-0.25, -0.2) is 9.97 Å². The van der Waals surface area contributed by atoms with Crippen LogP contribution in [0.4, 0.5) is 11.5 Å². The minimum atomic E-state index is -0.440. The Bertz CT molecular complexity index is 1170. The van der Waals surface area contributed by atoms with Gasteiger partial charge in [0.15, 0.2) is 5.82 Å². The quantitative estimate of drug-likeness (QED) is 0.546. The van der Waals surface area contributed by atoms with Crippen molar-refractivity contribution in [2.45, 2.75) is 13.0 Å². The standard InChI is InChI=1S/C25H25N5O/c1-18(31)19-9-11-20(12-10-19)29-14-16-30(17-15-29)25-21-6-2-3-7-22(21)27-24(28-25)23-8-4-5-13-26-23/h2-13,18,31H,14-17H2,1H3. The van der Waals surface area contributed by atoms with E-state index < -0.39 is 6.10 Å². The van der Waals surface area contributed by atoms with E-state index >= 15 is 0 Å². The number of hydrogen-bond acceptors (Lipinski definition) is 6. The Hall–Kier alpha value is -3.51. The summed E-state index contributed by atoms with van der Waals surface area (Å²) in [6.45, 7) is 5.36. The van der Waals surface area contributed by atoms with Crippen molar-refractivity contribution in [3.8, 4) is 11.5 Å². The topological polar surface area (TPSA) is 65.4 Å². The molecule has 1 aliphatic heterocycles. The van der Waals surface area contributed by atoms with Crippen LogP contribution in [-0.4, -0.2) is 46.2 Å². The first-order valence-electron chi connectivity index (χ1n) is 10.6. The molecule has 0 bridgehead atoms. The summed E-state index contributed by atoms with van der Waals surface area (Å²) >= 11 is 0. The van der Waals surface area contributed by atoms with Gasteiger partial charge in [0.05, 0.1) is 11.6 Å². The molecule has 0 aliphatic carbocycles. The number of hydrogen-bond donors (Lipinski definition) is 1. The minimum Gasteiger partial charge on any atom is -0.389 e. The molecule has 1 atom stereocenters. The first kappa shape index (κ1) is 19.5. The molecule has 0 spiro atoms. The molecule has 31 heavy (non-hydrogen) atoms. The van der Waals surface area contributed by atoms with Crippen LogP contribution in [0.2, 0.25) is 0 Å². The van der Waals surface area contributed by atoms with Crippen LogP contribution < -0.4 is 9.80 Å². The highest BCUT2D eigenvalue weighted by atomic mass is 16.3. The fourth-order valence-electron chi connectivity index (χ4n) is 4.05.